The minimum atomic E-state index is -0.391. The van der Waals surface area contributed by atoms with Crippen LogP contribution in [0, 0.1) is 10.5 Å². The van der Waals surface area contributed by atoms with Crippen molar-refractivity contribution in [3.8, 4) is 5.75 Å². The van der Waals surface area contributed by atoms with E-state index in [9.17, 15) is 9.59 Å². The Morgan fingerprint density at radius 1 is 1.33 bits per heavy atom. The normalized spacial score (nSPS) is 10.7. The van der Waals surface area contributed by atoms with E-state index in [0.29, 0.717) is 11.3 Å². The highest BCUT2D eigenvalue weighted by molar-refractivity contribution is 14.1. The van der Waals surface area contributed by atoms with Crippen LogP contribution < -0.4 is 4.74 Å². The molecule has 0 aliphatic heterocycles. The molecule has 2 aromatic rings. The highest BCUT2D eigenvalue weighted by atomic mass is 127. The van der Waals surface area contributed by atoms with Gasteiger partial charge >= 0.3 is 5.97 Å². The van der Waals surface area contributed by atoms with Crippen LogP contribution in [-0.4, -0.2) is 21.7 Å². The van der Waals surface area contributed by atoms with Gasteiger partial charge in [-0.05, 0) is 35.6 Å². The van der Waals surface area contributed by atoms with E-state index in [1.54, 1.807) is 6.07 Å². The van der Waals surface area contributed by atoms with Crippen molar-refractivity contribution in [1.82, 2.24) is 9.78 Å². The summed E-state index contributed by atoms with van der Waals surface area (Å²) in [5, 5.41) is 5.05. The zero-order chi connectivity index (χ0) is 13.4. The summed E-state index contributed by atoms with van der Waals surface area (Å²) in [4.78, 5) is 22.5. The van der Waals surface area contributed by atoms with Gasteiger partial charge in [-0.25, -0.2) is 0 Å². The number of carbonyl (C=O) groups excluding carboxylic acids is 2. The molecule has 2 rings (SSSR count). The van der Waals surface area contributed by atoms with Gasteiger partial charge in [-0.3, -0.25) is 9.59 Å². The van der Waals surface area contributed by atoms with Crippen LogP contribution in [0.2, 0.25) is 0 Å². The maximum absolute atomic E-state index is 11.5. The summed E-state index contributed by atoms with van der Waals surface area (Å²) in [6.45, 7) is 4.62. The fourth-order valence-electron chi connectivity index (χ4n) is 1.74. The second kappa shape index (κ2) is 4.68. The van der Waals surface area contributed by atoms with Gasteiger partial charge in [0.2, 0.25) is 5.91 Å². The largest absolute Gasteiger partial charge is 0.426 e. The summed E-state index contributed by atoms with van der Waals surface area (Å²) in [6.07, 6.45) is 0. The molecular weight excluding hydrogens is 347 g/mol. The molecule has 1 aromatic carbocycles. The van der Waals surface area contributed by atoms with E-state index in [4.69, 9.17) is 4.74 Å². The van der Waals surface area contributed by atoms with Crippen LogP contribution in [0.3, 0.4) is 0 Å². The fraction of sp³-hybridized carbons (Fsp3) is 0.250. The molecule has 0 fully saturated rings. The van der Waals surface area contributed by atoms with Gasteiger partial charge in [0, 0.05) is 25.3 Å². The Morgan fingerprint density at radius 2 is 2.00 bits per heavy atom. The summed E-state index contributed by atoms with van der Waals surface area (Å²) in [7, 11) is 0. The molecule has 0 saturated carbocycles. The lowest BCUT2D eigenvalue weighted by Crippen LogP contribution is -2.08. The standard InChI is InChI=1S/C12H11IN2O3/c1-6-9-4-10(13)12(18-8(3)17)5-11(9)15(14-6)7(2)16/h4-5H,1-3H3. The molecule has 0 N–H and O–H groups in total. The zero-order valence-corrected chi connectivity index (χ0v) is 12.3. The van der Waals surface area contributed by atoms with Gasteiger partial charge in [0.15, 0.2) is 0 Å². The molecule has 18 heavy (non-hydrogen) atoms. The maximum atomic E-state index is 11.5. The first kappa shape index (κ1) is 13.0. The minimum absolute atomic E-state index is 0.178. The van der Waals surface area contributed by atoms with Gasteiger partial charge in [-0.15, -0.1) is 0 Å². The van der Waals surface area contributed by atoms with Crippen LogP contribution in [0.4, 0.5) is 0 Å². The Bertz CT molecular complexity index is 661. The SMILES string of the molecule is CC(=O)Oc1cc2c(cc1I)c(C)nn2C(C)=O. The van der Waals surface area contributed by atoms with Crippen LogP contribution in [0.15, 0.2) is 12.1 Å². The molecule has 0 radical (unpaired) electrons. The van der Waals surface area contributed by atoms with Crippen LogP contribution >= 0.6 is 22.6 Å². The van der Waals surface area contributed by atoms with Crippen LogP contribution in [0.5, 0.6) is 5.75 Å². The average molecular weight is 358 g/mol. The highest BCUT2D eigenvalue weighted by Crippen LogP contribution is 2.29. The lowest BCUT2D eigenvalue weighted by molar-refractivity contribution is -0.131. The fourth-order valence-corrected chi connectivity index (χ4v) is 2.32. The van der Waals surface area contributed by atoms with Crippen molar-refractivity contribution >= 4 is 45.4 Å². The van der Waals surface area contributed by atoms with Crippen molar-refractivity contribution in [2.75, 3.05) is 0 Å². The molecule has 0 saturated heterocycles. The summed E-state index contributed by atoms with van der Waals surface area (Å²) >= 11 is 2.09. The van der Waals surface area contributed by atoms with E-state index in [0.717, 1.165) is 14.7 Å². The Morgan fingerprint density at radius 3 is 2.56 bits per heavy atom. The number of esters is 1. The Kier molecular flexibility index (Phi) is 3.38. The van der Waals surface area contributed by atoms with Gasteiger partial charge in [0.1, 0.15) is 5.75 Å². The van der Waals surface area contributed by atoms with Crippen molar-refractivity contribution in [3.63, 3.8) is 0 Å². The monoisotopic (exact) mass is 358 g/mol. The second-order valence-electron chi connectivity index (χ2n) is 3.91. The zero-order valence-electron chi connectivity index (χ0n) is 10.2. The molecule has 0 bridgehead atoms. The number of hydrogen-bond donors (Lipinski definition) is 0. The number of ether oxygens (including phenoxy) is 1. The number of aromatic nitrogens is 2. The van der Waals surface area contributed by atoms with Gasteiger partial charge < -0.3 is 4.74 Å². The number of fused-ring (bicyclic) bond motifs is 1. The van der Waals surface area contributed by atoms with E-state index in [1.165, 1.54) is 18.5 Å². The number of aryl methyl sites for hydroxylation is 1. The summed E-state index contributed by atoms with van der Waals surface area (Å²) < 4.78 is 7.22. The summed E-state index contributed by atoms with van der Waals surface area (Å²) in [5.74, 6) is -0.126. The number of carbonyl (C=O) groups is 2. The Balaban J connectivity index is 2.71. The van der Waals surface area contributed by atoms with E-state index in [1.807, 2.05) is 13.0 Å². The topological polar surface area (TPSA) is 61.2 Å². The maximum Gasteiger partial charge on any atom is 0.308 e. The predicted octanol–water partition coefficient (Wildman–Crippen LogP) is 2.53. The first-order chi connectivity index (χ1) is 8.40. The van der Waals surface area contributed by atoms with Crippen LogP contribution in [0.1, 0.15) is 24.3 Å². The first-order valence-corrected chi connectivity index (χ1v) is 6.36. The Labute approximate surface area is 117 Å². The second-order valence-corrected chi connectivity index (χ2v) is 5.07. The average Bonchev–Trinajstić information content (AvgIpc) is 2.56. The number of benzene rings is 1. The molecule has 0 unspecified atom stereocenters. The molecule has 1 aromatic heterocycles. The third-order valence-electron chi connectivity index (χ3n) is 2.47. The lowest BCUT2D eigenvalue weighted by atomic mass is 10.2. The number of hydrogen-bond acceptors (Lipinski definition) is 4. The van der Waals surface area contributed by atoms with E-state index in [-0.39, 0.29) is 5.91 Å². The van der Waals surface area contributed by atoms with Crippen molar-refractivity contribution in [2.24, 2.45) is 0 Å². The molecule has 0 atom stereocenters. The molecule has 94 valence electrons. The highest BCUT2D eigenvalue weighted by Gasteiger charge is 2.14. The van der Waals surface area contributed by atoms with Gasteiger partial charge in [0.05, 0.1) is 14.8 Å². The van der Waals surface area contributed by atoms with Crippen molar-refractivity contribution in [3.05, 3.63) is 21.4 Å². The molecule has 0 spiro atoms. The molecule has 0 aliphatic carbocycles. The van der Waals surface area contributed by atoms with Gasteiger partial charge in [0.25, 0.3) is 0 Å². The molecule has 1 heterocycles. The molecule has 5 nitrogen and oxygen atoms in total. The van der Waals surface area contributed by atoms with Crippen LogP contribution in [0.25, 0.3) is 10.9 Å². The number of halogens is 1. The first-order valence-electron chi connectivity index (χ1n) is 5.28. The molecule has 6 heteroatoms. The van der Waals surface area contributed by atoms with Crippen molar-refractivity contribution in [1.29, 1.82) is 0 Å². The smallest absolute Gasteiger partial charge is 0.308 e. The van der Waals surface area contributed by atoms with E-state index < -0.39 is 5.97 Å². The number of nitrogens with zero attached hydrogens (tertiary/aromatic N) is 2. The van der Waals surface area contributed by atoms with E-state index >= 15 is 0 Å². The summed E-state index contributed by atoms with van der Waals surface area (Å²) in [6, 6.07) is 3.52. The molecule has 0 aliphatic rings. The minimum Gasteiger partial charge on any atom is -0.426 e. The van der Waals surface area contributed by atoms with Crippen molar-refractivity contribution < 1.29 is 14.3 Å². The van der Waals surface area contributed by atoms with Crippen molar-refractivity contribution in [2.45, 2.75) is 20.8 Å². The Hall–Kier alpha value is -1.44. The van der Waals surface area contributed by atoms with E-state index in [2.05, 4.69) is 27.7 Å². The van der Waals surface area contributed by atoms with Gasteiger partial charge in [-0.2, -0.15) is 9.78 Å². The number of rotatable bonds is 1. The lowest BCUT2D eigenvalue weighted by Gasteiger charge is -2.05. The predicted molar refractivity (Wildman–Crippen MR) is 74.8 cm³/mol. The van der Waals surface area contributed by atoms with Crippen LogP contribution in [-0.2, 0) is 4.79 Å². The van der Waals surface area contributed by atoms with Gasteiger partial charge in [-0.1, -0.05) is 0 Å². The third-order valence-corrected chi connectivity index (χ3v) is 3.31. The molecule has 0 amide bonds. The molecular formula is C12H11IN2O3. The summed E-state index contributed by atoms with van der Waals surface area (Å²) in [5.41, 5.74) is 1.42. The third kappa shape index (κ3) is 2.24. The quantitative estimate of drug-likeness (QED) is 0.447.